The predicted octanol–water partition coefficient (Wildman–Crippen LogP) is 3.56. The van der Waals surface area contributed by atoms with Crippen LogP contribution in [0.25, 0.3) is 0 Å². The lowest BCUT2D eigenvalue weighted by Gasteiger charge is -2.10. The third-order valence-electron chi connectivity index (χ3n) is 2.74. The molecule has 2 aromatic rings. The summed E-state index contributed by atoms with van der Waals surface area (Å²) in [6, 6.07) is 6.14. The third-order valence-corrected chi connectivity index (χ3v) is 3.60. The highest BCUT2D eigenvalue weighted by Crippen LogP contribution is 2.24. The zero-order valence-corrected chi connectivity index (χ0v) is 12.4. The van der Waals surface area contributed by atoms with Gasteiger partial charge < -0.3 is 10.1 Å². The van der Waals surface area contributed by atoms with E-state index in [-0.39, 0.29) is 0 Å². The Kier molecular flexibility index (Phi) is 4.74. The molecule has 1 aromatic heterocycles. The zero-order chi connectivity index (χ0) is 13.7. The number of aryl methyl sites for hydroxylation is 2. The molecule has 2 rings (SSSR count). The number of anilines is 1. The maximum Gasteiger partial charge on any atom is 0.205 e. The first kappa shape index (κ1) is 13.8. The fourth-order valence-electron chi connectivity index (χ4n) is 1.78. The molecule has 0 unspecified atom stereocenters. The van der Waals surface area contributed by atoms with Gasteiger partial charge in [-0.15, -0.1) is 10.2 Å². The largest absolute Gasteiger partial charge is 0.486 e. The average molecular weight is 277 g/mol. The minimum atomic E-state index is 0.469. The number of hydrogen-bond donors (Lipinski definition) is 1. The molecule has 1 aromatic carbocycles. The van der Waals surface area contributed by atoms with Crippen LogP contribution in [0.5, 0.6) is 5.75 Å². The summed E-state index contributed by atoms with van der Waals surface area (Å²) in [5.74, 6) is 0.945. The SMILES string of the molecule is CCCNc1nnc(COc2c(C)cccc2C)s1. The lowest BCUT2D eigenvalue weighted by molar-refractivity contribution is 0.300. The zero-order valence-electron chi connectivity index (χ0n) is 11.6. The number of nitrogens with one attached hydrogen (secondary N) is 1. The molecule has 4 nitrogen and oxygen atoms in total. The Balaban J connectivity index is 1.97. The summed E-state index contributed by atoms with van der Waals surface area (Å²) in [5, 5.41) is 13.2. The molecule has 0 saturated carbocycles. The van der Waals surface area contributed by atoms with Gasteiger partial charge in [-0.2, -0.15) is 0 Å². The maximum atomic E-state index is 5.85. The first-order valence-electron chi connectivity index (χ1n) is 6.46. The number of para-hydroxylation sites is 1. The molecular formula is C14H19N3OS. The number of nitrogens with zero attached hydrogens (tertiary/aromatic N) is 2. The molecule has 0 aliphatic rings. The molecule has 102 valence electrons. The second kappa shape index (κ2) is 6.52. The van der Waals surface area contributed by atoms with Crippen molar-refractivity contribution in [2.75, 3.05) is 11.9 Å². The van der Waals surface area contributed by atoms with E-state index in [0.29, 0.717) is 6.61 Å². The van der Waals surface area contributed by atoms with Crippen molar-refractivity contribution in [2.24, 2.45) is 0 Å². The van der Waals surface area contributed by atoms with Crippen molar-refractivity contribution in [2.45, 2.75) is 33.8 Å². The fraction of sp³-hybridized carbons (Fsp3) is 0.429. The van der Waals surface area contributed by atoms with Crippen LogP contribution in [0.15, 0.2) is 18.2 Å². The smallest absolute Gasteiger partial charge is 0.205 e. The average Bonchev–Trinajstić information content (AvgIpc) is 2.84. The molecule has 0 amide bonds. The van der Waals surface area contributed by atoms with Crippen LogP contribution in [0.2, 0.25) is 0 Å². The highest BCUT2D eigenvalue weighted by atomic mass is 32.1. The summed E-state index contributed by atoms with van der Waals surface area (Å²) in [5.41, 5.74) is 2.29. The minimum Gasteiger partial charge on any atom is -0.486 e. The van der Waals surface area contributed by atoms with Gasteiger partial charge in [0.05, 0.1) is 0 Å². The molecule has 0 fully saturated rings. The van der Waals surface area contributed by atoms with Crippen LogP contribution in [0.1, 0.15) is 29.5 Å². The van der Waals surface area contributed by atoms with Gasteiger partial charge in [0.25, 0.3) is 0 Å². The van der Waals surface area contributed by atoms with E-state index in [9.17, 15) is 0 Å². The van der Waals surface area contributed by atoms with Crippen LogP contribution < -0.4 is 10.1 Å². The van der Waals surface area contributed by atoms with Crippen molar-refractivity contribution in [3.63, 3.8) is 0 Å². The fourth-order valence-corrected chi connectivity index (χ4v) is 2.45. The first-order chi connectivity index (χ1) is 9.20. The van der Waals surface area contributed by atoms with E-state index in [0.717, 1.165) is 40.0 Å². The Morgan fingerprint density at radius 3 is 2.63 bits per heavy atom. The highest BCUT2D eigenvalue weighted by Gasteiger charge is 2.07. The molecule has 0 atom stereocenters. The van der Waals surface area contributed by atoms with E-state index in [4.69, 9.17) is 4.74 Å². The number of aromatic nitrogens is 2. The Bertz CT molecular complexity index is 519. The molecule has 19 heavy (non-hydrogen) atoms. The van der Waals surface area contributed by atoms with Crippen LogP contribution >= 0.6 is 11.3 Å². The van der Waals surface area contributed by atoms with E-state index in [1.807, 2.05) is 6.07 Å². The number of hydrogen-bond acceptors (Lipinski definition) is 5. The van der Waals surface area contributed by atoms with Crippen molar-refractivity contribution in [3.8, 4) is 5.75 Å². The summed E-state index contributed by atoms with van der Waals surface area (Å²) < 4.78 is 5.85. The Hall–Kier alpha value is -1.62. The second-order valence-corrected chi connectivity index (χ2v) is 5.50. The van der Waals surface area contributed by atoms with Gasteiger partial charge in [-0.25, -0.2) is 0 Å². The predicted molar refractivity (Wildman–Crippen MR) is 78.9 cm³/mol. The highest BCUT2D eigenvalue weighted by molar-refractivity contribution is 7.15. The van der Waals surface area contributed by atoms with E-state index >= 15 is 0 Å². The van der Waals surface area contributed by atoms with Gasteiger partial charge in [-0.1, -0.05) is 36.5 Å². The molecule has 0 radical (unpaired) electrons. The third kappa shape index (κ3) is 3.67. The van der Waals surface area contributed by atoms with Crippen LogP contribution in [-0.4, -0.2) is 16.7 Å². The first-order valence-corrected chi connectivity index (χ1v) is 7.27. The van der Waals surface area contributed by atoms with E-state index in [1.165, 1.54) is 0 Å². The minimum absolute atomic E-state index is 0.469. The number of ether oxygens (including phenoxy) is 1. The lowest BCUT2D eigenvalue weighted by atomic mass is 10.1. The van der Waals surface area contributed by atoms with Gasteiger partial charge in [0, 0.05) is 6.54 Å². The lowest BCUT2D eigenvalue weighted by Crippen LogP contribution is -1.98. The van der Waals surface area contributed by atoms with Crippen molar-refractivity contribution in [1.82, 2.24) is 10.2 Å². The quantitative estimate of drug-likeness (QED) is 0.877. The molecule has 1 heterocycles. The molecule has 0 bridgehead atoms. The Morgan fingerprint density at radius 2 is 1.95 bits per heavy atom. The van der Waals surface area contributed by atoms with E-state index in [1.54, 1.807) is 11.3 Å². The van der Waals surface area contributed by atoms with Crippen molar-refractivity contribution in [1.29, 1.82) is 0 Å². The van der Waals surface area contributed by atoms with Crippen LogP contribution in [0.3, 0.4) is 0 Å². The maximum absolute atomic E-state index is 5.85. The standard InChI is InChI=1S/C14H19N3OS/c1-4-8-15-14-17-16-12(19-14)9-18-13-10(2)6-5-7-11(13)3/h5-7H,4,8-9H2,1-3H3,(H,15,17). The van der Waals surface area contributed by atoms with E-state index < -0.39 is 0 Å². The van der Waals surface area contributed by atoms with Crippen molar-refractivity contribution in [3.05, 3.63) is 34.3 Å². The topological polar surface area (TPSA) is 47.0 Å². The summed E-state index contributed by atoms with van der Waals surface area (Å²) in [6.45, 7) is 7.62. The molecule has 0 aliphatic carbocycles. The molecule has 1 N–H and O–H groups in total. The molecule has 0 spiro atoms. The van der Waals surface area contributed by atoms with Gasteiger partial charge in [0.1, 0.15) is 12.4 Å². The van der Waals surface area contributed by atoms with Gasteiger partial charge in [-0.3, -0.25) is 0 Å². The second-order valence-electron chi connectivity index (χ2n) is 4.44. The van der Waals surface area contributed by atoms with Gasteiger partial charge in [0.15, 0.2) is 5.01 Å². The van der Waals surface area contributed by atoms with Gasteiger partial charge in [0.2, 0.25) is 5.13 Å². The van der Waals surface area contributed by atoms with Gasteiger partial charge in [-0.05, 0) is 31.4 Å². The molecule has 5 heteroatoms. The summed E-state index contributed by atoms with van der Waals surface area (Å²) >= 11 is 1.55. The van der Waals surface area contributed by atoms with Gasteiger partial charge >= 0.3 is 0 Å². The van der Waals surface area contributed by atoms with Crippen LogP contribution in [0, 0.1) is 13.8 Å². The Morgan fingerprint density at radius 1 is 1.21 bits per heavy atom. The van der Waals surface area contributed by atoms with Crippen molar-refractivity contribution < 1.29 is 4.74 Å². The number of rotatable bonds is 6. The van der Waals surface area contributed by atoms with Crippen LogP contribution in [-0.2, 0) is 6.61 Å². The monoisotopic (exact) mass is 277 g/mol. The van der Waals surface area contributed by atoms with Crippen LogP contribution in [0.4, 0.5) is 5.13 Å². The molecule has 0 saturated heterocycles. The normalized spacial score (nSPS) is 10.5. The molecule has 0 aliphatic heterocycles. The molecular weight excluding hydrogens is 258 g/mol. The number of benzene rings is 1. The summed E-state index contributed by atoms with van der Waals surface area (Å²) in [6.07, 6.45) is 1.08. The Labute approximate surface area is 117 Å². The van der Waals surface area contributed by atoms with Crippen molar-refractivity contribution >= 4 is 16.5 Å². The summed E-state index contributed by atoms with van der Waals surface area (Å²) in [4.78, 5) is 0. The van der Waals surface area contributed by atoms with E-state index in [2.05, 4.69) is 48.4 Å². The summed E-state index contributed by atoms with van der Waals surface area (Å²) in [7, 11) is 0.